The van der Waals surface area contributed by atoms with Gasteiger partial charge in [0.2, 0.25) is 0 Å². The zero-order chi connectivity index (χ0) is 17.6. The first-order valence-electron chi connectivity index (χ1n) is 7.57. The maximum atomic E-state index is 13.4. The van der Waals surface area contributed by atoms with Crippen LogP contribution in [0, 0.1) is 0 Å². The van der Waals surface area contributed by atoms with E-state index >= 15 is 0 Å². The van der Waals surface area contributed by atoms with E-state index in [4.69, 9.17) is 14.0 Å². The number of alkyl halides is 3. The van der Waals surface area contributed by atoms with Crippen molar-refractivity contribution in [1.29, 1.82) is 0 Å². The third-order valence-electron chi connectivity index (χ3n) is 4.21. The molecule has 23 heavy (non-hydrogen) atoms. The monoisotopic (exact) mass is 330 g/mol. The molecule has 0 amide bonds. The zero-order valence-electron chi connectivity index (χ0n) is 14.2. The Bertz CT molecular complexity index is 566. The average Bonchev–Trinajstić information content (AvgIpc) is 2.56. The highest BCUT2D eigenvalue weighted by Crippen LogP contribution is 2.38. The van der Waals surface area contributed by atoms with E-state index < -0.39 is 30.1 Å². The molecule has 0 N–H and O–H groups in total. The molecule has 0 spiro atoms. The van der Waals surface area contributed by atoms with Crippen LogP contribution in [-0.2, 0) is 15.5 Å². The van der Waals surface area contributed by atoms with Crippen molar-refractivity contribution < 1.29 is 27.2 Å². The molecule has 1 aliphatic rings. The van der Waals surface area contributed by atoms with Crippen molar-refractivity contribution in [3.63, 3.8) is 0 Å². The first-order valence-corrected chi connectivity index (χ1v) is 7.57. The highest BCUT2D eigenvalue weighted by atomic mass is 19.4. The molecule has 0 unspecified atom stereocenters. The summed E-state index contributed by atoms with van der Waals surface area (Å²) in [7, 11) is -1.07. The Morgan fingerprint density at radius 1 is 1.04 bits per heavy atom. The summed E-state index contributed by atoms with van der Waals surface area (Å²) in [4.78, 5) is 0. The summed E-state index contributed by atoms with van der Waals surface area (Å²) in [6.07, 6.45) is -4.73. The maximum Gasteiger partial charge on any atom is 0.495 e. The zero-order valence-corrected chi connectivity index (χ0v) is 14.2. The van der Waals surface area contributed by atoms with E-state index in [1.807, 2.05) is 0 Å². The Morgan fingerprint density at radius 2 is 1.57 bits per heavy atom. The lowest BCUT2D eigenvalue weighted by Crippen LogP contribution is -2.41. The Labute approximate surface area is 135 Å². The van der Waals surface area contributed by atoms with Crippen molar-refractivity contribution in [1.82, 2.24) is 0 Å². The highest BCUT2D eigenvalue weighted by Gasteiger charge is 2.53. The molecule has 1 fully saturated rings. The molecule has 1 aromatic rings. The van der Waals surface area contributed by atoms with Gasteiger partial charge in [0.15, 0.2) is 0 Å². The van der Waals surface area contributed by atoms with E-state index in [0.717, 1.165) is 6.07 Å². The summed E-state index contributed by atoms with van der Waals surface area (Å²) < 4.78 is 57.2. The van der Waals surface area contributed by atoms with Gasteiger partial charge in [-0.05, 0) is 59.1 Å². The van der Waals surface area contributed by atoms with Crippen LogP contribution in [0.4, 0.5) is 13.2 Å². The van der Waals surface area contributed by atoms with Gasteiger partial charge in [-0.3, -0.25) is 0 Å². The van der Waals surface area contributed by atoms with Crippen LogP contribution in [0.3, 0.4) is 0 Å². The Morgan fingerprint density at radius 3 is 2.00 bits per heavy atom. The van der Waals surface area contributed by atoms with Gasteiger partial charge < -0.3 is 14.0 Å². The Kier molecular flexibility index (Phi) is 4.50. The molecule has 1 saturated heterocycles. The molecular formula is C16H22BF3O3. The second-order valence-electron chi connectivity index (χ2n) is 7.00. The van der Waals surface area contributed by atoms with E-state index in [-0.39, 0.29) is 17.3 Å². The minimum atomic E-state index is -4.52. The minimum absolute atomic E-state index is 0.0349. The predicted octanol–water partition coefficient (Wildman–Crippen LogP) is 3.79. The van der Waals surface area contributed by atoms with Crippen molar-refractivity contribution in [2.75, 3.05) is 0 Å². The van der Waals surface area contributed by atoms with Crippen molar-refractivity contribution >= 4 is 12.6 Å². The second-order valence-corrected chi connectivity index (χ2v) is 7.00. The second kappa shape index (κ2) is 5.70. The van der Waals surface area contributed by atoms with Crippen LogP contribution in [0.25, 0.3) is 0 Å². The fourth-order valence-corrected chi connectivity index (χ4v) is 2.30. The van der Waals surface area contributed by atoms with E-state index in [9.17, 15) is 13.2 Å². The molecule has 1 heterocycles. The molecule has 3 nitrogen and oxygen atoms in total. The molecule has 0 atom stereocenters. The van der Waals surface area contributed by atoms with E-state index in [1.165, 1.54) is 12.1 Å². The maximum absolute atomic E-state index is 13.4. The van der Waals surface area contributed by atoms with Crippen LogP contribution in [0.5, 0.6) is 5.75 Å². The van der Waals surface area contributed by atoms with Crippen LogP contribution in [0.1, 0.15) is 47.1 Å². The van der Waals surface area contributed by atoms with Gasteiger partial charge in [0.05, 0.1) is 22.9 Å². The van der Waals surface area contributed by atoms with Crippen molar-refractivity contribution in [2.45, 2.75) is 65.0 Å². The quantitative estimate of drug-likeness (QED) is 0.789. The summed E-state index contributed by atoms with van der Waals surface area (Å²) in [6.45, 7) is 10.7. The molecule has 1 aromatic carbocycles. The molecular weight excluding hydrogens is 308 g/mol. The number of hydrogen-bond acceptors (Lipinski definition) is 3. The lowest BCUT2D eigenvalue weighted by Gasteiger charge is -2.32. The standard InChI is InChI=1S/C16H22BF3O3/c1-10(2)21-11-7-8-13(12(9-11)16(18,19)20)17-22-14(3,4)15(5,6)23-17/h7-10H,1-6H3. The molecule has 7 heteroatoms. The lowest BCUT2D eigenvalue weighted by atomic mass is 9.75. The summed E-state index contributed by atoms with van der Waals surface area (Å²) in [5.41, 5.74) is -2.23. The van der Waals surface area contributed by atoms with Gasteiger partial charge in [0, 0.05) is 0 Å². The summed E-state index contributed by atoms with van der Waals surface area (Å²) in [6, 6.07) is 3.87. The molecule has 0 aliphatic carbocycles. The lowest BCUT2D eigenvalue weighted by molar-refractivity contribution is -0.137. The number of rotatable bonds is 3. The van der Waals surface area contributed by atoms with Gasteiger partial charge >= 0.3 is 13.3 Å². The highest BCUT2D eigenvalue weighted by molar-refractivity contribution is 6.62. The molecule has 0 bridgehead atoms. The van der Waals surface area contributed by atoms with Crippen LogP contribution in [0.15, 0.2) is 18.2 Å². The van der Waals surface area contributed by atoms with Gasteiger partial charge in [-0.1, -0.05) is 6.07 Å². The van der Waals surface area contributed by atoms with Crippen molar-refractivity contribution in [3.8, 4) is 5.75 Å². The first kappa shape index (κ1) is 18.1. The van der Waals surface area contributed by atoms with Crippen LogP contribution in [0.2, 0.25) is 0 Å². The summed E-state index contributed by atoms with van der Waals surface area (Å²) >= 11 is 0. The largest absolute Gasteiger partial charge is 0.495 e. The molecule has 1 aliphatic heterocycles. The van der Waals surface area contributed by atoms with Gasteiger partial charge in [-0.2, -0.15) is 13.2 Å². The summed E-state index contributed by atoms with van der Waals surface area (Å²) in [5, 5.41) is 0. The van der Waals surface area contributed by atoms with Crippen molar-refractivity contribution in [3.05, 3.63) is 23.8 Å². The fourth-order valence-electron chi connectivity index (χ4n) is 2.30. The van der Waals surface area contributed by atoms with Gasteiger partial charge in [0.25, 0.3) is 0 Å². The van der Waals surface area contributed by atoms with Gasteiger partial charge in [-0.15, -0.1) is 0 Å². The van der Waals surface area contributed by atoms with Crippen LogP contribution >= 0.6 is 0 Å². The minimum Gasteiger partial charge on any atom is -0.491 e. The third kappa shape index (κ3) is 3.66. The molecule has 2 rings (SSSR count). The van der Waals surface area contributed by atoms with Crippen LogP contribution < -0.4 is 10.2 Å². The van der Waals surface area contributed by atoms with Gasteiger partial charge in [-0.25, -0.2) is 0 Å². The number of hydrogen-bond donors (Lipinski definition) is 0. The van der Waals surface area contributed by atoms with Crippen LogP contribution in [-0.4, -0.2) is 24.4 Å². The average molecular weight is 330 g/mol. The fraction of sp³-hybridized carbons (Fsp3) is 0.625. The Balaban J connectivity index is 2.43. The van der Waals surface area contributed by atoms with E-state index in [0.29, 0.717) is 0 Å². The normalized spacial score (nSPS) is 20.2. The molecule has 0 radical (unpaired) electrons. The number of ether oxygens (including phenoxy) is 1. The van der Waals surface area contributed by atoms with Crippen molar-refractivity contribution in [2.24, 2.45) is 0 Å². The van der Waals surface area contributed by atoms with E-state index in [2.05, 4.69) is 0 Å². The number of halogens is 3. The predicted molar refractivity (Wildman–Crippen MR) is 82.9 cm³/mol. The number of benzene rings is 1. The SMILES string of the molecule is CC(C)Oc1ccc(B2OC(C)(C)C(C)(C)O2)c(C(F)(F)F)c1. The molecule has 0 aromatic heterocycles. The summed E-state index contributed by atoms with van der Waals surface area (Å²) in [5.74, 6) is 0.174. The molecule has 128 valence electrons. The smallest absolute Gasteiger partial charge is 0.491 e. The first-order chi connectivity index (χ1) is 10.3. The topological polar surface area (TPSA) is 27.7 Å². The van der Waals surface area contributed by atoms with E-state index in [1.54, 1.807) is 41.5 Å². The molecule has 0 saturated carbocycles. The Hall–Kier alpha value is -1.21. The third-order valence-corrected chi connectivity index (χ3v) is 4.21. The van der Waals surface area contributed by atoms with Gasteiger partial charge in [0.1, 0.15) is 5.75 Å².